The van der Waals surface area contributed by atoms with Crippen molar-refractivity contribution in [1.82, 2.24) is 4.98 Å². The third kappa shape index (κ3) is 3.26. The molecule has 1 aliphatic heterocycles. The first-order chi connectivity index (χ1) is 11.2. The number of aliphatic carboxylic acids is 1. The molecule has 0 saturated carbocycles. The summed E-state index contributed by atoms with van der Waals surface area (Å²) in [7, 11) is 0. The molecular weight excluding hydrogens is 312 g/mol. The molecule has 1 aliphatic rings. The molecule has 24 heavy (non-hydrogen) atoms. The highest BCUT2D eigenvalue weighted by Gasteiger charge is 2.34. The number of carboxylic acids is 1. The maximum atomic E-state index is 12.2. The van der Waals surface area contributed by atoms with E-state index < -0.39 is 18.2 Å². The maximum Gasteiger partial charge on any atom is 0.332 e. The molecule has 7 nitrogen and oxygen atoms in total. The SMILES string of the molecule is CC(C)(C)c1nc2cc(NC(=O)[C@@H]3CC[C@H](C(=O)O)O3)ccc2o1. The first kappa shape index (κ1) is 16.4. The third-order valence-electron chi connectivity index (χ3n) is 3.88. The second-order valence-electron chi connectivity index (χ2n) is 6.97. The second-order valence-corrected chi connectivity index (χ2v) is 6.97. The summed E-state index contributed by atoms with van der Waals surface area (Å²) in [5.74, 6) is -0.758. The van der Waals surface area contributed by atoms with Crippen molar-refractivity contribution in [3.05, 3.63) is 24.1 Å². The van der Waals surface area contributed by atoms with Gasteiger partial charge in [-0.25, -0.2) is 9.78 Å². The minimum atomic E-state index is -1.04. The van der Waals surface area contributed by atoms with Gasteiger partial charge in [-0.05, 0) is 31.0 Å². The van der Waals surface area contributed by atoms with E-state index in [-0.39, 0.29) is 11.3 Å². The molecular formula is C17H20N2O5. The molecule has 1 aromatic heterocycles. The first-order valence-electron chi connectivity index (χ1n) is 7.84. The lowest BCUT2D eigenvalue weighted by Gasteiger charge is -2.11. The number of anilines is 1. The number of rotatable bonds is 3. The van der Waals surface area contributed by atoms with Gasteiger partial charge in [-0.15, -0.1) is 0 Å². The van der Waals surface area contributed by atoms with E-state index in [1.54, 1.807) is 18.2 Å². The van der Waals surface area contributed by atoms with Gasteiger partial charge < -0.3 is 19.6 Å². The van der Waals surface area contributed by atoms with Crippen molar-refractivity contribution in [2.75, 3.05) is 5.32 Å². The quantitative estimate of drug-likeness (QED) is 0.896. The number of nitrogens with one attached hydrogen (secondary N) is 1. The summed E-state index contributed by atoms with van der Waals surface area (Å²) in [5, 5.41) is 11.7. The van der Waals surface area contributed by atoms with Crippen molar-refractivity contribution < 1.29 is 23.8 Å². The molecule has 0 aliphatic carbocycles. The molecule has 2 heterocycles. The average Bonchev–Trinajstić information content (AvgIpc) is 3.13. The van der Waals surface area contributed by atoms with E-state index in [1.165, 1.54) is 0 Å². The minimum absolute atomic E-state index is 0.202. The molecule has 2 atom stereocenters. The smallest absolute Gasteiger partial charge is 0.332 e. The summed E-state index contributed by atoms with van der Waals surface area (Å²) in [6.45, 7) is 6.03. The van der Waals surface area contributed by atoms with E-state index in [2.05, 4.69) is 10.3 Å². The lowest BCUT2D eigenvalue weighted by molar-refractivity contribution is -0.150. The van der Waals surface area contributed by atoms with Gasteiger partial charge in [-0.1, -0.05) is 20.8 Å². The molecule has 0 bridgehead atoms. The molecule has 2 aromatic rings. The number of ether oxygens (including phenoxy) is 1. The normalized spacial score (nSPS) is 21.1. The van der Waals surface area contributed by atoms with Crippen molar-refractivity contribution in [3.63, 3.8) is 0 Å². The molecule has 0 radical (unpaired) electrons. The van der Waals surface area contributed by atoms with Gasteiger partial charge in [-0.2, -0.15) is 0 Å². The topological polar surface area (TPSA) is 102 Å². The second kappa shape index (κ2) is 5.90. The van der Waals surface area contributed by atoms with Crippen LogP contribution in [0.4, 0.5) is 5.69 Å². The van der Waals surface area contributed by atoms with Crippen molar-refractivity contribution in [1.29, 1.82) is 0 Å². The van der Waals surface area contributed by atoms with Crippen LogP contribution < -0.4 is 5.32 Å². The summed E-state index contributed by atoms with van der Waals surface area (Å²) in [5.41, 5.74) is 1.68. The lowest BCUT2D eigenvalue weighted by atomic mass is 9.97. The summed E-state index contributed by atoms with van der Waals surface area (Å²) in [4.78, 5) is 27.6. The Labute approximate surface area is 139 Å². The van der Waals surface area contributed by atoms with Crippen LogP contribution in [0.2, 0.25) is 0 Å². The van der Waals surface area contributed by atoms with Crippen molar-refractivity contribution in [2.24, 2.45) is 0 Å². The van der Waals surface area contributed by atoms with Crippen molar-refractivity contribution in [3.8, 4) is 0 Å². The summed E-state index contributed by atoms with van der Waals surface area (Å²) in [6.07, 6.45) is -0.925. The molecule has 128 valence electrons. The van der Waals surface area contributed by atoms with Crippen LogP contribution in [0, 0.1) is 0 Å². The zero-order valence-corrected chi connectivity index (χ0v) is 13.8. The van der Waals surface area contributed by atoms with Crippen molar-refractivity contribution in [2.45, 2.75) is 51.2 Å². The van der Waals surface area contributed by atoms with Crippen LogP contribution in [0.15, 0.2) is 22.6 Å². The maximum absolute atomic E-state index is 12.2. The monoisotopic (exact) mass is 332 g/mol. The van der Waals surface area contributed by atoms with Crippen molar-refractivity contribution >= 4 is 28.7 Å². The van der Waals surface area contributed by atoms with Gasteiger partial charge in [0, 0.05) is 11.1 Å². The Balaban J connectivity index is 1.73. The number of fused-ring (bicyclic) bond motifs is 1. The molecule has 7 heteroatoms. The zero-order valence-electron chi connectivity index (χ0n) is 13.8. The Morgan fingerprint density at radius 3 is 2.58 bits per heavy atom. The number of carbonyl (C=O) groups is 2. The average molecular weight is 332 g/mol. The van der Waals surface area contributed by atoms with E-state index in [1.807, 2.05) is 20.8 Å². The highest BCUT2D eigenvalue weighted by Crippen LogP contribution is 2.28. The van der Waals surface area contributed by atoms with Crippen LogP contribution in [-0.4, -0.2) is 34.2 Å². The van der Waals surface area contributed by atoms with Crippen LogP contribution in [0.1, 0.15) is 39.5 Å². The molecule has 1 fully saturated rings. The fourth-order valence-corrected chi connectivity index (χ4v) is 2.56. The number of benzene rings is 1. The highest BCUT2D eigenvalue weighted by molar-refractivity contribution is 5.96. The number of amides is 1. The fourth-order valence-electron chi connectivity index (χ4n) is 2.56. The number of hydrogen-bond donors (Lipinski definition) is 2. The van der Waals surface area contributed by atoms with Crippen LogP contribution >= 0.6 is 0 Å². The fraction of sp³-hybridized carbons (Fsp3) is 0.471. The van der Waals surface area contributed by atoms with Gasteiger partial charge in [0.15, 0.2) is 11.7 Å². The number of oxazole rings is 1. The van der Waals surface area contributed by atoms with E-state index >= 15 is 0 Å². The Morgan fingerprint density at radius 2 is 1.96 bits per heavy atom. The number of hydrogen-bond acceptors (Lipinski definition) is 5. The zero-order chi connectivity index (χ0) is 17.5. The molecule has 1 amide bonds. The summed E-state index contributed by atoms with van der Waals surface area (Å²) < 4.78 is 11.0. The van der Waals surface area contributed by atoms with E-state index in [0.29, 0.717) is 35.5 Å². The van der Waals surface area contributed by atoms with Crippen LogP contribution in [0.5, 0.6) is 0 Å². The van der Waals surface area contributed by atoms with E-state index in [9.17, 15) is 9.59 Å². The predicted octanol–water partition coefficient (Wildman–Crippen LogP) is 2.70. The standard InChI is InChI=1S/C17H20N2O5/c1-17(2,3)16-19-10-8-9(4-5-11(10)24-16)18-14(20)12-6-7-13(23-12)15(21)22/h4-5,8,12-13H,6-7H2,1-3H3,(H,18,20)(H,21,22)/t12-,13+/m0/s1. The highest BCUT2D eigenvalue weighted by atomic mass is 16.5. The Bertz CT molecular complexity index is 790. The molecule has 0 unspecified atom stereocenters. The Morgan fingerprint density at radius 1 is 1.25 bits per heavy atom. The molecule has 1 saturated heterocycles. The summed E-state index contributed by atoms with van der Waals surface area (Å²) >= 11 is 0. The van der Waals surface area contributed by atoms with Crippen LogP contribution in [-0.2, 0) is 19.7 Å². The van der Waals surface area contributed by atoms with Gasteiger partial charge in [0.05, 0.1) is 0 Å². The molecule has 3 rings (SSSR count). The molecule has 2 N–H and O–H groups in total. The number of carbonyl (C=O) groups excluding carboxylic acids is 1. The Kier molecular flexibility index (Phi) is 4.04. The predicted molar refractivity (Wildman–Crippen MR) is 86.9 cm³/mol. The first-order valence-corrected chi connectivity index (χ1v) is 7.84. The van der Waals surface area contributed by atoms with Gasteiger partial charge >= 0.3 is 5.97 Å². The van der Waals surface area contributed by atoms with E-state index in [0.717, 1.165) is 0 Å². The Hall–Kier alpha value is -2.41. The minimum Gasteiger partial charge on any atom is -0.479 e. The number of nitrogens with zero attached hydrogens (tertiary/aromatic N) is 1. The van der Waals surface area contributed by atoms with Crippen LogP contribution in [0.3, 0.4) is 0 Å². The molecule has 1 aromatic carbocycles. The van der Waals surface area contributed by atoms with Gasteiger partial charge in [0.25, 0.3) is 5.91 Å². The number of carboxylic acid groups (broad SMARTS) is 1. The van der Waals surface area contributed by atoms with Gasteiger partial charge in [0.1, 0.15) is 11.6 Å². The van der Waals surface area contributed by atoms with Crippen LogP contribution in [0.25, 0.3) is 11.1 Å². The van der Waals surface area contributed by atoms with Gasteiger partial charge in [0.2, 0.25) is 5.89 Å². The molecule has 0 spiro atoms. The van der Waals surface area contributed by atoms with E-state index in [4.69, 9.17) is 14.3 Å². The van der Waals surface area contributed by atoms with Gasteiger partial charge in [-0.3, -0.25) is 4.79 Å². The lowest BCUT2D eigenvalue weighted by Crippen LogP contribution is -2.29. The number of aromatic nitrogens is 1. The largest absolute Gasteiger partial charge is 0.479 e. The third-order valence-corrected chi connectivity index (χ3v) is 3.88. The summed E-state index contributed by atoms with van der Waals surface area (Å²) in [6, 6.07) is 5.21.